The fourth-order valence-electron chi connectivity index (χ4n) is 0. The van der Waals surface area contributed by atoms with E-state index in [0.29, 0.717) is 0 Å². The zero-order valence-corrected chi connectivity index (χ0v) is 2.42. The molecule has 7 heavy (non-hydrogen) atoms. The van der Waals surface area contributed by atoms with Gasteiger partial charge in [-0.2, -0.15) is 0 Å². The molecule has 0 aliphatic carbocycles. The number of hydrogen-bond acceptors (Lipinski definition) is 0. The van der Waals surface area contributed by atoms with Crippen LogP contribution in [0.4, 0.5) is 0 Å². The van der Waals surface area contributed by atoms with Crippen LogP contribution in [0.2, 0.25) is 0 Å². The molecule has 0 heterocycles. The Morgan fingerprint density at radius 2 is 0.286 bits per heavy atom. The first-order valence-electron chi connectivity index (χ1n) is 0. The molecule has 0 aliphatic heterocycles. The second-order valence-corrected chi connectivity index (χ2v) is 0. The summed E-state index contributed by atoms with van der Waals surface area (Å²) in [5.74, 6) is 0. The Bertz CT molecular complexity index is 4.14. The Kier molecular flexibility index (Phi) is 521. The molecule has 42 valence electrons. The molecule has 0 amide bonds. The Hall–Kier alpha value is 3.88. The second-order valence-electron chi connectivity index (χ2n) is 0. The van der Waals surface area contributed by atoms with Crippen LogP contribution in [0.15, 0.2) is 0 Å². The first-order chi connectivity index (χ1) is 0. The zero-order valence-electron chi connectivity index (χ0n) is 0.408. The van der Waals surface area contributed by atoms with E-state index in [0.717, 1.165) is 0 Å². The summed E-state index contributed by atoms with van der Waals surface area (Å²) in [6.45, 7) is 0. The average Bonchev–Trinajstić information content (AvgIpc) is 0. The Morgan fingerprint density at radius 3 is 0.286 bits per heavy atom. The molecule has 0 bridgehead atoms. The van der Waals surface area contributed by atoms with E-state index in [1.165, 1.54) is 0 Å². The van der Waals surface area contributed by atoms with Gasteiger partial charge in [-0.3, -0.25) is 0 Å². The standard InChI is InChI=1S/6Al.Mo.18H. The Morgan fingerprint density at radius 1 is 0.286 bits per heavy atom. The molecule has 0 nitrogen and oxygen atoms in total. The van der Waals surface area contributed by atoms with Gasteiger partial charge < -0.3 is 0 Å². The molecule has 0 rings (SSSR count). The summed E-state index contributed by atoms with van der Waals surface area (Å²) in [5, 5.41) is 0. The largest absolute Gasteiger partial charge is 0.187 e. The van der Waals surface area contributed by atoms with Gasteiger partial charge in [-0.05, 0) is 0 Å². The monoisotopic (exact) mass is 278 g/mol. The van der Waals surface area contributed by atoms with Gasteiger partial charge in [0.25, 0.3) is 0 Å². The van der Waals surface area contributed by atoms with E-state index in [-0.39, 0.29) is 125 Å². The van der Waals surface area contributed by atoms with Gasteiger partial charge >= 0.3 is 0 Å². The maximum absolute atomic E-state index is 0. The van der Waals surface area contributed by atoms with Crippen LogP contribution in [0, 0.1) is 0 Å². The number of rotatable bonds is 0. The molecule has 0 unspecified atom stereocenters. The van der Waals surface area contributed by atoms with Crippen molar-refractivity contribution < 1.29 is 21.1 Å². The van der Waals surface area contributed by atoms with Gasteiger partial charge in [-0.15, -0.1) is 0 Å². The van der Waals surface area contributed by atoms with E-state index in [4.69, 9.17) is 0 Å². The topological polar surface area (TPSA) is 0 Å². The van der Waals surface area contributed by atoms with E-state index in [2.05, 4.69) is 0 Å². The summed E-state index contributed by atoms with van der Waals surface area (Å²) in [6, 6.07) is 0. The molecular formula is H18Al6Mo. The number of hydrogen-bond donors (Lipinski definition) is 0. The maximum atomic E-state index is 0. The van der Waals surface area contributed by atoms with Crippen molar-refractivity contribution in [2.45, 2.75) is 0 Å². The van der Waals surface area contributed by atoms with E-state index in [9.17, 15) is 0 Å². The molecule has 0 aliphatic rings. The van der Waals surface area contributed by atoms with Crippen LogP contribution >= 0.6 is 0 Å². The van der Waals surface area contributed by atoms with E-state index >= 15 is 0 Å². The van der Waals surface area contributed by atoms with Crippen LogP contribution < -0.4 is 0 Å². The van der Waals surface area contributed by atoms with Crippen molar-refractivity contribution in [3.63, 3.8) is 0 Å². The van der Waals surface area contributed by atoms with Crippen LogP contribution in [0.25, 0.3) is 0 Å². The van der Waals surface area contributed by atoms with Gasteiger partial charge in [0, 0.05) is 21.1 Å². The van der Waals surface area contributed by atoms with Gasteiger partial charge in [0.1, 0.15) is 0 Å². The van der Waals surface area contributed by atoms with Crippen LogP contribution in [-0.4, -0.2) is 104 Å². The third-order valence-corrected chi connectivity index (χ3v) is 0. The fraction of sp³-hybridized carbons (Fsp3) is 0. The van der Waals surface area contributed by atoms with Gasteiger partial charge in [0.2, 0.25) is 0 Å². The van der Waals surface area contributed by atoms with Crippen molar-refractivity contribution in [3.05, 3.63) is 0 Å². The van der Waals surface area contributed by atoms with Crippen LogP contribution in [0.3, 0.4) is 0 Å². The molecule has 0 atom stereocenters. The fourth-order valence-corrected chi connectivity index (χ4v) is 0. The Balaban J connectivity index is 0. The van der Waals surface area contributed by atoms with E-state index in [1.54, 1.807) is 0 Å². The molecule has 0 aromatic carbocycles. The van der Waals surface area contributed by atoms with Crippen molar-refractivity contribution in [1.82, 2.24) is 0 Å². The predicted molar refractivity (Wildman–Crippen MR) is 59.6 cm³/mol. The van der Waals surface area contributed by atoms with Gasteiger partial charge in [0.05, 0.1) is 0 Å². The predicted octanol–water partition coefficient (Wildman–Crippen LogP) is -7.11. The van der Waals surface area contributed by atoms with Crippen LogP contribution in [-0.2, 0) is 21.1 Å². The van der Waals surface area contributed by atoms with Crippen molar-refractivity contribution in [2.24, 2.45) is 0 Å². The zero-order chi connectivity index (χ0) is 0. The van der Waals surface area contributed by atoms with E-state index < -0.39 is 0 Å². The van der Waals surface area contributed by atoms with Gasteiger partial charge in [0.15, 0.2) is 104 Å². The molecule has 0 N–H and O–H groups in total. The molecule has 7 heteroatoms. The van der Waals surface area contributed by atoms with Gasteiger partial charge in [-0.1, -0.05) is 0 Å². The third kappa shape index (κ3) is 40.7. The summed E-state index contributed by atoms with van der Waals surface area (Å²) in [7, 11) is 0. The summed E-state index contributed by atoms with van der Waals surface area (Å²) >= 11 is 0. The average molecular weight is 276 g/mol. The first kappa shape index (κ1) is 70.5. The third-order valence-electron chi connectivity index (χ3n) is 0. The summed E-state index contributed by atoms with van der Waals surface area (Å²) < 4.78 is 0. The van der Waals surface area contributed by atoms with E-state index in [1.807, 2.05) is 0 Å². The normalized spacial score (nSPS) is 0. The van der Waals surface area contributed by atoms with Crippen LogP contribution in [0.5, 0.6) is 0 Å². The first-order valence-corrected chi connectivity index (χ1v) is 0. The summed E-state index contributed by atoms with van der Waals surface area (Å²) in [4.78, 5) is 0. The quantitative estimate of drug-likeness (QED) is 0.386. The SMILES string of the molecule is [AlH3].[AlH3].[AlH3].[AlH3].[AlH3].[AlH3].[Mo]. The molecular weight excluding hydrogens is 258 g/mol. The van der Waals surface area contributed by atoms with Crippen molar-refractivity contribution >= 4 is 104 Å². The minimum atomic E-state index is 0. The smallest absolute Gasteiger partial charge is 0 e. The molecule has 0 fully saturated rings. The maximum Gasteiger partial charge on any atom is 0.187 e. The minimum Gasteiger partial charge on any atom is 0 e. The Labute approximate surface area is 123 Å². The van der Waals surface area contributed by atoms with Crippen molar-refractivity contribution in [2.75, 3.05) is 0 Å². The van der Waals surface area contributed by atoms with Gasteiger partial charge in [-0.25, -0.2) is 0 Å². The molecule has 0 aromatic heterocycles. The molecule has 0 aromatic rings. The molecule has 0 radical (unpaired) electrons. The minimum absolute atomic E-state index is 0. The molecule has 0 saturated heterocycles. The molecule has 0 saturated carbocycles. The molecule has 0 spiro atoms. The van der Waals surface area contributed by atoms with Crippen LogP contribution in [0.1, 0.15) is 0 Å². The summed E-state index contributed by atoms with van der Waals surface area (Å²) in [5.41, 5.74) is 0. The van der Waals surface area contributed by atoms with Crippen molar-refractivity contribution in [3.8, 4) is 0 Å². The summed E-state index contributed by atoms with van der Waals surface area (Å²) in [6.07, 6.45) is 0. The second kappa shape index (κ2) is 51.7. The van der Waals surface area contributed by atoms with Crippen molar-refractivity contribution in [1.29, 1.82) is 0 Å².